The van der Waals surface area contributed by atoms with Crippen molar-refractivity contribution in [3.8, 4) is 5.75 Å². The van der Waals surface area contributed by atoms with Crippen LogP contribution in [-0.2, 0) is 5.33 Å². The Morgan fingerprint density at radius 3 is 2.50 bits per heavy atom. The molecular weight excluding hydrogens is 301 g/mol. The summed E-state index contributed by atoms with van der Waals surface area (Å²) in [5.41, 5.74) is 0.534. The molecule has 14 heavy (non-hydrogen) atoms. The first kappa shape index (κ1) is 12.0. The Morgan fingerprint density at radius 2 is 2.00 bits per heavy atom. The Balaban J connectivity index is 3.08. The Labute approximate surface area is 98.1 Å². The van der Waals surface area contributed by atoms with Crippen LogP contribution in [0.5, 0.6) is 5.75 Å². The van der Waals surface area contributed by atoms with E-state index in [0.717, 1.165) is 0 Å². The third kappa shape index (κ3) is 2.72. The molecule has 0 aromatic heterocycles. The first-order chi connectivity index (χ1) is 6.56. The second-order valence-corrected chi connectivity index (χ2v) is 3.70. The average Bonchev–Trinajstić information content (AvgIpc) is 2.10. The molecule has 0 atom stereocenters. The Kier molecular flexibility index (Phi) is 4.41. The number of hydrogen-bond acceptors (Lipinski definition) is 1. The summed E-state index contributed by atoms with van der Waals surface area (Å²) in [6.45, 7) is -2.89. The lowest BCUT2D eigenvalue weighted by Gasteiger charge is -2.10. The minimum absolute atomic E-state index is 0.0690. The van der Waals surface area contributed by atoms with Crippen LogP contribution in [0.3, 0.4) is 0 Å². The topological polar surface area (TPSA) is 9.23 Å². The van der Waals surface area contributed by atoms with E-state index in [1.165, 1.54) is 12.1 Å². The molecule has 0 saturated heterocycles. The van der Waals surface area contributed by atoms with Gasteiger partial charge in [-0.25, -0.2) is 0 Å². The molecule has 1 aromatic rings. The van der Waals surface area contributed by atoms with Gasteiger partial charge in [0, 0.05) is 15.9 Å². The molecule has 0 amide bonds. The summed E-state index contributed by atoms with van der Waals surface area (Å²) >= 11 is 14.7. The summed E-state index contributed by atoms with van der Waals surface area (Å²) in [5, 5.41) is 0.897. The highest BCUT2D eigenvalue weighted by Gasteiger charge is 2.13. The largest absolute Gasteiger partial charge is 0.433 e. The van der Waals surface area contributed by atoms with Gasteiger partial charge in [0.2, 0.25) is 0 Å². The molecule has 1 rings (SSSR count). The van der Waals surface area contributed by atoms with Crippen LogP contribution in [0.4, 0.5) is 8.78 Å². The van der Waals surface area contributed by atoms with Gasteiger partial charge in [-0.15, -0.1) is 0 Å². The maximum atomic E-state index is 11.9. The van der Waals surface area contributed by atoms with E-state index < -0.39 is 6.61 Å². The fourth-order valence-corrected chi connectivity index (χ4v) is 2.34. The number of alkyl halides is 3. The summed E-state index contributed by atoms with van der Waals surface area (Å²) in [5.74, 6) is -0.0690. The molecule has 0 heterocycles. The van der Waals surface area contributed by atoms with Gasteiger partial charge < -0.3 is 4.74 Å². The van der Waals surface area contributed by atoms with Gasteiger partial charge in [0.25, 0.3) is 0 Å². The average molecular weight is 306 g/mol. The zero-order chi connectivity index (χ0) is 10.7. The van der Waals surface area contributed by atoms with Crippen molar-refractivity contribution in [3.05, 3.63) is 27.7 Å². The van der Waals surface area contributed by atoms with Crippen LogP contribution in [-0.4, -0.2) is 6.61 Å². The van der Waals surface area contributed by atoms with E-state index in [-0.39, 0.29) is 10.8 Å². The molecular formula is C8H5BrCl2F2O. The first-order valence-corrected chi connectivity index (χ1v) is 5.41. The lowest BCUT2D eigenvalue weighted by atomic mass is 10.2. The first-order valence-electron chi connectivity index (χ1n) is 3.54. The van der Waals surface area contributed by atoms with Crippen molar-refractivity contribution < 1.29 is 13.5 Å². The molecule has 78 valence electrons. The van der Waals surface area contributed by atoms with Crippen LogP contribution in [0.1, 0.15) is 5.56 Å². The molecule has 1 nitrogen and oxygen atoms in total. The van der Waals surface area contributed by atoms with Crippen molar-refractivity contribution in [3.63, 3.8) is 0 Å². The van der Waals surface area contributed by atoms with Crippen molar-refractivity contribution in [1.29, 1.82) is 0 Å². The third-order valence-electron chi connectivity index (χ3n) is 1.50. The molecule has 0 fully saturated rings. The van der Waals surface area contributed by atoms with Gasteiger partial charge in [0.15, 0.2) is 0 Å². The lowest BCUT2D eigenvalue weighted by Crippen LogP contribution is -2.03. The molecule has 0 saturated carbocycles. The van der Waals surface area contributed by atoms with Crippen LogP contribution >= 0.6 is 39.1 Å². The number of benzene rings is 1. The Morgan fingerprint density at radius 1 is 1.36 bits per heavy atom. The number of halogens is 5. The molecule has 6 heteroatoms. The molecule has 0 aliphatic carbocycles. The van der Waals surface area contributed by atoms with E-state index in [4.69, 9.17) is 23.2 Å². The van der Waals surface area contributed by atoms with Crippen molar-refractivity contribution >= 4 is 39.1 Å². The Bertz CT molecular complexity index is 333. The molecule has 0 bridgehead atoms. The second-order valence-electron chi connectivity index (χ2n) is 2.35. The van der Waals surface area contributed by atoms with Crippen LogP contribution in [0.25, 0.3) is 0 Å². The number of ether oxygens (including phenoxy) is 1. The summed E-state index contributed by atoms with van der Waals surface area (Å²) in [6.07, 6.45) is 0. The zero-order valence-corrected chi connectivity index (χ0v) is 9.84. The van der Waals surface area contributed by atoms with Gasteiger partial charge in [-0.05, 0) is 12.1 Å². The SMILES string of the molecule is FC(F)Oc1ccc(Cl)c(CBr)c1Cl. The second kappa shape index (κ2) is 5.14. The van der Waals surface area contributed by atoms with Gasteiger partial charge in [-0.1, -0.05) is 39.1 Å². The quantitative estimate of drug-likeness (QED) is 0.748. The lowest BCUT2D eigenvalue weighted by molar-refractivity contribution is -0.0498. The van der Waals surface area contributed by atoms with Gasteiger partial charge in [0.1, 0.15) is 5.75 Å². The highest BCUT2D eigenvalue weighted by atomic mass is 79.9. The van der Waals surface area contributed by atoms with Crippen LogP contribution in [0.2, 0.25) is 10.0 Å². The Hall–Kier alpha value is -0.0600. The molecule has 0 unspecified atom stereocenters. The minimum Gasteiger partial charge on any atom is -0.433 e. The highest BCUT2D eigenvalue weighted by Crippen LogP contribution is 2.35. The van der Waals surface area contributed by atoms with Gasteiger partial charge in [0.05, 0.1) is 5.02 Å². The van der Waals surface area contributed by atoms with Crippen LogP contribution in [0, 0.1) is 0 Å². The molecule has 0 aliphatic heterocycles. The molecule has 0 N–H and O–H groups in total. The van der Waals surface area contributed by atoms with E-state index in [0.29, 0.717) is 15.9 Å². The fourth-order valence-electron chi connectivity index (χ4n) is 0.886. The smallest absolute Gasteiger partial charge is 0.387 e. The number of rotatable bonds is 3. The fraction of sp³-hybridized carbons (Fsp3) is 0.250. The standard InChI is InChI=1S/C8H5BrCl2F2O/c9-3-4-5(10)1-2-6(7(4)11)14-8(12)13/h1-2,8H,3H2. The highest BCUT2D eigenvalue weighted by molar-refractivity contribution is 9.08. The zero-order valence-electron chi connectivity index (χ0n) is 6.74. The van der Waals surface area contributed by atoms with E-state index in [9.17, 15) is 8.78 Å². The van der Waals surface area contributed by atoms with E-state index in [1.54, 1.807) is 0 Å². The van der Waals surface area contributed by atoms with Gasteiger partial charge in [-0.2, -0.15) is 8.78 Å². The normalized spacial score (nSPS) is 10.7. The summed E-state index contributed by atoms with van der Waals surface area (Å²) in [7, 11) is 0. The maximum absolute atomic E-state index is 11.9. The van der Waals surface area contributed by atoms with E-state index >= 15 is 0 Å². The van der Waals surface area contributed by atoms with Crippen molar-refractivity contribution in [2.45, 2.75) is 11.9 Å². The molecule has 0 radical (unpaired) electrons. The monoisotopic (exact) mass is 304 g/mol. The predicted octanol–water partition coefficient (Wildman–Crippen LogP) is 4.49. The van der Waals surface area contributed by atoms with E-state index in [2.05, 4.69) is 20.7 Å². The predicted molar refractivity (Wildman–Crippen MR) is 55.7 cm³/mol. The molecule has 0 spiro atoms. The van der Waals surface area contributed by atoms with Gasteiger partial charge in [-0.3, -0.25) is 0 Å². The molecule has 0 aliphatic rings. The number of hydrogen-bond donors (Lipinski definition) is 0. The molecule has 1 aromatic carbocycles. The summed E-state index contributed by atoms with van der Waals surface area (Å²) < 4.78 is 28.0. The van der Waals surface area contributed by atoms with Crippen molar-refractivity contribution in [1.82, 2.24) is 0 Å². The van der Waals surface area contributed by atoms with Crippen molar-refractivity contribution in [2.24, 2.45) is 0 Å². The van der Waals surface area contributed by atoms with Crippen molar-refractivity contribution in [2.75, 3.05) is 0 Å². The van der Waals surface area contributed by atoms with Crippen LogP contribution in [0.15, 0.2) is 12.1 Å². The third-order valence-corrected chi connectivity index (χ3v) is 2.83. The minimum atomic E-state index is -2.89. The maximum Gasteiger partial charge on any atom is 0.387 e. The van der Waals surface area contributed by atoms with Gasteiger partial charge >= 0.3 is 6.61 Å². The summed E-state index contributed by atoms with van der Waals surface area (Å²) in [6, 6.07) is 2.77. The summed E-state index contributed by atoms with van der Waals surface area (Å²) in [4.78, 5) is 0. The van der Waals surface area contributed by atoms with E-state index in [1.807, 2.05) is 0 Å². The van der Waals surface area contributed by atoms with Crippen LogP contribution < -0.4 is 4.74 Å².